The van der Waals surface area contributed by atoms with Gasteiger partial charge in [0.05, 0.1) is 0 Å². The van der Waals surface area contributed by atoms with Gasteiger partial charge in [-0.1, -0.05) is 0 Å². The standard InChI is InChI=1S/C7H16N3/c1-10-5-4-9-3-2-7(10)6-8/h7H,2-6,8H2,1H3. The lowest BCUT2D eigenvalue weighted by Crippen LogP contribution is -2.38. The van der Waals surface area contributed by atoms with Crippen molar-refractivity contribution >= 4 is 0 Å². The molecule has 1 aliphatic heterocycles. The Morgan fingerprint density at radius 2 is 2.40 bits per heavy atom. The topological polar surface area (TPSA) is 43.4 Å². The van der Waals surface area contributed by atoms with Gasteiger partial charge in [-0.05, 0) is 13.5 Å². The largest absolute Gasteiger partial charge is 0.329 e. The molecule has 1 unspecified atom stereocenters. The Morgan fingerprint density at radius 3 is 3.10 bits per heavy atom. The quantitative estimate of drug-likeness (QED) is 0.523. The molecule has 0 saturated carbocycles. The fourth-order valence-corrected chi connectivity index (χ4v) is 1.28. The molecule has 1 heterocycles. The summed E-state index contributed by atoms with van der Waals surface area (Å²) in [6, 6.07) is 0.561. The van der Waals surface area contributed by atoms with E-state index in [1.807, 2.05) is 0 Å². The minimum absolute atomic E-state index is 0.561. The van der Waals surface area contributed by atoms with Crippen LogP contribution in [-0.4, -0.2) is 44.2 Å². The normalized spacial score (nSPS) is 30.0. The maximum Gasteiger partial charge on any atom is 0.0261 e. The van der Waals surface area contributed by atoms with Gasteiger partial charge in [0.25, 0.3) is 0 Å². The highest BCUT2D eigenvalue weighted by Crippen LogP contribution is 2.01. The van der Waals surface area contributed by atoms with Gasteiger partial charge in [0.1, 0.15) is 0 Å². The van der Waals surface area contributed by atoms with Gasteiger partial charge in [0.2, 0.25) is 0 Å². The van der Waals surface area contributed by atoms with Crippen LogP contribution in [0.3, 0.4) is 0 Å². The van der Waals surface area contributed by atoms with Crippen LogP contribution in [0.1, 0.15) is 6.42 Å². The molecule has 1 rings (SSSR count). The van der Waals surface area contributed by atoms with Gasteiger partial charge >= 0.3 is 0 Å². The van der Waals surface area contributed by atoms with Gasteiger partial charge in [0.15, 0.2) is 0 Å². The first kappa shape index (κ1) is 7.98. The van der Waals surface area contributed by atoms with Crippen molar-refractivity contribution in [2.75, 3.05) is 33.2 Å². The highest BCUT2D eigenvalue weighted by atomic mass is 15.2. The van der Waals surface area contributed by atoms with Crippen LogP contribution in [0, 0.1) is 0 Å². The van der Waals surface area contributed by atoms with Gasteiger partial charge in [-0.25, -0.2) is 5.32 Å². The SMILES string of the molecule is CN1CC[N]CCC1CN. The Balaban J connectivity index is 2.35. The van der Waals surface area contributed by atoms with Crippen molar-refractivity contribution in [3.8, 4) is 0 Å². The summed E-state index contributed by atoms with van der Waals surface area (Å²) in [5.41, 5.74) is 5.58. The van der Waals surface area contributed by atoms with E-state index < -0.39 is 0 Å². The second-order valence-electron chi connectivity index (χ2n) is 2.83. The van der Waals surface area contributed by atoms with Crippen molar-refractivity contribution in [2.24, 2.45) is 5.73 Å². The Morgan fingerprint density at radius 1 is 1.60 bits per heavy atom. The Labute approximate surface area is 62.6 Å². The first-order chi connectivity index (χ1) is 4.84. The van der Waals surface area contributed by atoms with Crippen LogP contribution >= 0.6 is 0 Å². The van der Waals surface area contributed by atoms with Crippen molar-refractivity contribution in [2.45, 2.75) is 12.5 Å². The Hall–Kier alpha value is -0.120. The molecule has 1 atom stereocenters. The van der Waals surface area contributed by atoms with Crippen molar-refractivity contribution < 1.29 is 0 Å². The van der Waals surface area contributed by atoms with Gasteiger partial charge in [-0.2, -0.15) is 0 Å². The molecule has 0 aromatic carbocycles. The molecule has 0 aromatic heterocycles. The molecule has 1 fully saturated rings. The smallest absolute Gasteiger partial charge is 0.0261 e. The lowest BCUT2D eigenvalue weighted by atomic mass is 10.2. The number of nitrogens with two attached hydrogens (primary N) is 1. The average Bonchev–Trinajstić information content (AvgIpc) is 2.13. The summed E-state index contributed by atoms with van der Waals surface area (Å²) in [4.78, 5) is 2.30. The van der Waals surface area contributed by atoms with Crippen molar-refractivity contribution in [1.82, 2.24) is 10.2 Å². The average molecular weight is 142 g/mol. The monoisotopic (exact) mass is 142 g/mol. The molecule has 0 spiro atoms. The van der Waals surface area contributed by atoms with Crippen LogP contribution in [0.15, 0.2) is 0 Å². The maximum absolute atomic E-state index is 5.58. The summed E-state index contributed by atoms with van der Waals surface area (Å²) < 4.78 is 0. The number of hydrogen-bond acceptors (Lipinski definition) is 2. The molecule has 10 heavy (non-hydrogen) atoms. The van der Waals surface area contributed by atoms with E-state index in [9.17, 15) is 0 Å². The molecule has 2 N–H and O–H groups in total. The van der Waals surface area contributed by atoms with Crippen LogP contribution in [-0.2, 0) is 0 Å². The first-order valence-electron chi connectivity index (χ1n) is 3.88. The fraction of sp³-hybridized carbons (Fsp3) is 1.00. The molecule has 0 amide bonds. The van der Waals surface area contributed by atoms with Crippen LogP contribution in [0.4, 0.5) is 0 Å². The lowest BCUT2D eigenvalue weighted by Gasteiger charge is -2.22. The molecule has 59 valence electrons. The van der Waals surface area contributed by atoms with Gasteiger partial charge < -0.3 is 10.6 Å². The minimum atomic E-state index is 0.561. The predicted molar refractivity (Wildman–Crippen MR) is 42.0 cm³/mol. The van der Waals surface area contributed by atoms with E-state index >= 15 is 0 Å². The maximum atomic E-state index is 5.58. The summed E-state index contributed by atoms with van der Waals surface area (Å²) >= 11 is 0. The highest BCUT2D eigenvalue weighted by molar-refractivity contribution is 4.74. The zero-order chi connectivity index (χ0) is 7.40. The number of nitrogens with zero attached hydrogens (tertiary/aromatic N) is 2. The Bertz CT molecular complexity index is 94.9. The molecule has 1 aliphatic rings. The molecule has 1 radical (unpaired) electrons. The van der Waals surface area contributed by atoms with E-state index in [0.717, 1.165) is 32.6 Å². The predicted octanol–water partition coefficient (Wildman–Crippen LogP) is -0.746. The van der Waals surface area contributed by atoms with Crippen LogP contribution in [0.25, 0.3) is 0 Å². The minimum Gasteiger partial charge on any atom is -0.329 e. The van der Waals surface area contributed by atoms with Crippen molar-refractivity contribution in [3.63, 3.8) is 0 Å². The lowest BCUT2D eigenvalue weighted by molar-refractivity contribution is 0.260. The second kappa shape index (κ2) is 3.91. The van der Waals surface area contributed by atoms with E-state index in [1.165, 1.54) is 0 Å². The summed E-state index contributed by atoms with van der Waals surface area (Å²) in [6.07, 6.45) is 1.13. The Kier molecular flexibility index (Phi) is 3.12. The molecular weight excluding hydrogens is 126 g/mol. The van der Waals surface area contributed by atoms with Crippen molar-refractivity contribution in [1.29, 1.82) is 0 Å². The summed E-state index contributed by atoms with van der Waals surface area (Å²) in [5, 5.41) is 4.32. The summed E-state index contributed by atoms with van der Waals surface area (Å²) in [5.74, 6) is 0. The third kappa shape index (κ3) is 1.94. The number of rotatable bonds is 1. The van der Waals surface area contributed by atoms with Crippen molar-refractivity contribution in [3.05, 3.63) is 0 Å². The molecule has 1 saturated heterocycles. The van der Waals surface area contributed by atoms with E-state index in [1.54, 1.807) is 0 Å². The second-order valence-corrected chi connectivity index (χ2v) is 2.83. The van der Waals surface area contributed by atoms with E-state index in [4.69, 9.17) is 5.73 Å². The first-order valence-corrected chi connectivity index (χ1v) is 3.88. The molecule has 3 heteroatoms. The molecule has 0 aliphatic carbocycles. The van der Waals surface area contributed by atoms with E-state index in [2.05, 4.69) is 17.3 Å². The van der Waals surface area contributed by atoms with Crippen LogP contribution in [0.2, 0.25) is 0 Å². The molecule has 0 aromatic rings. The number of hydrogen-bond donors (Lipinski definition) is 1. The van der Waals surface area contributed by atoms with Gasteiger partial charge in [0, 0.05) is 32.2 Å². The van der Waals surface area contributed by atoms with E-state index in [-0.39, 0.29) is 0 Å². The third-order valence-electron chi connectivity index (χ3n) is 2.13. The zero-order valence-electron chi connectivity index (χ0n) is 6.58. The summed E-state index contributed by atoms with van der Waals surface area (Å²) in [7, 11) is 2.12. The van der Waals surface area contributed by atoms with Crippen LogP contribution in [0.5, 0.6) is 0 Å². The molecular formula is C7H16N3. The van der Waals surface area contributed by atoms with E-state index in [0.29, 0.717) is 6.04 Å². The molecule has 0 bridgehead atoms. The fourth-order valence-electron chi connectivity index (χ4n) is 1.28. The zero-order valence-corrected chi connectivity index (χ0v) is 6.58. The highest BCUT2D eigenvalue weighted by Gasteiger charge is 2.14. The summed E-state index contributed by atoms with van der Waals surface area (Å²) in [6.45, 7) is 3.81. The number of likely N-dealkylation sites (N-methyl/N-ethyl adjacent to an activating group) is 1. The van der Waals surface area contributed by atoms with Crippen LogP contribution < -0.4 is 11.1 Å². The van der Waals surface area contributed by atoms with Gasteiger partial charge in [-0.3, -0.25) is 0 Å². The van der Waals surface area contributed by atoms with Gasteiger partial charge in [-0.15, -0.1) is 0 Å². The third-order valence-corrected chi connectivity index (χ3v) is 2.13. The molecule has 3 nitrogen and oxygen atoms in total.